The third-order valence-electron chi connectivity index (χ3n) is 4.27. The molecule has 104 valence electrons. The number of rotatable bonds is 0. The smallest absolute Gasteiger partial charge is 0.165 e. The highest BCUT2D eigenvalue weighted by Crippen LogP contribution is 2.48. The van der Waals surface area contributed by atoms with E-state index in [1.54, 1.807) is 6.07 Å². The fourth-order valence-electron chi connectivity index (χ4n) is 3.43. The molecule has 0 aromatic heterocycles. The number of aromatic hydroxyl groups is 2. The predicted molar refractivity (Wildman–Crippen MR) is 83.7 cm³/mol. The van der Waals surface area contributed by atoms with Crippen molar-refractivity contribution in [3.8, 4) is 22.6 Å². The molecule has 0 saturated heterocycles. The van der Waals surface area contributed by atoms with E-state index in [0.29, 0.717) is 6.04 Å². The highest BCUT2D eigenvalue weighted by molar-refractivity contribution is 8.93. The van der Waals surface area contributed by atoms with Crippen molar-refractivity contribution in [1.29, 1.82) is 0 Å². The standard InChI is InChI=1S/C16H15NO2.BrH/c18-13-5-4-10-8-12-14-9(6-7-17-12)2-1-3-11(14)15(10)16(13)19;/h1-5,12,17-19H,6-8H2;1H/t12-;/m1./s1. The molecule has 2 aromatic rings. The number of halogens is 1. The molecule has 0 amide bonds. The molecular formula is C16H16BrNO2. The lowest BCUT2D eigenvalue weighted by Gasteiger charge is -2.34. The van der Waals surface area contributed by atoms with Gasteiger partial charge < -0.3 is 15.5 Å². The molecular weight excluding hydrogens is 318 g/mol. The molecule has 20 heavy (non-hydrogen) atoms. The SMILES string of the molecule is Br.Oc1ccc2c(c1O)-c1cccc3c1[C@@H](C2)NCC3. The van der Waals surface area contributed by atoms with Gasteiger partial charge in [-0.15, -0.1) is 17.0 Å². The molecule has 2 aromatic carbocycles. The lowest BCUT2D eigenvalue weighted by Crippen LogP contribution is -2.33. The van der Waals surface area contributed by atoms with Crippen molar-refractivity contribution >= 4 is 17.0 Å². The number of fused-ring (bicyclic) bond motifs is 2. The second-order valence-corrected chi connectivity index (χ2v) is 5.31. The molecule has 0 saturated carbocycles. The number of hydrogen-bond donors (Lipinski definition) is 3. The molecule has 2 aliphatic rings. The topological polar surface area (TPSA) is 52.5 Å². The monoisotopic (exact) mass is 333 g/mol. The Balaban J connectivity index is 0.00000121. The van der Waals surface area contributed by atoms with Gasteiger partial charge in [-0.3, -0.25) is 0 Å². The summed E-state index contributed by atoms with van der Waals surface area (Å²) in [5.74, 6) is -0.0338. The Hall–Kier alpha value is -1.52. The van der Waals surface area contributed by atoms with E-state index in [4.69, 9.17) is 0 Å². The van der Waals surface area contributed by atoms with Crippen molar-refractivity contribution in [2.45, 2.75) is 18.9 Å². The Labute approximate surface area is 128 Å². The lowest BCUT2D eigenvalue weighted by molar-refractivity contribution is 0.403. The maximum absolute atomic E-state index is 10.2. The van der Waals surface area contributed by atoms with Gasteiger partial charge in [0.05, 0.1) is 0 Å². The maximum atomic E-state index is 10.2. The first kappa shape index (κ1) is 13.5. The van der Waals surface area contributed by atoms with Crippen LogP contribution in [0.25, 0.3) is 11.1 Å². The van der Waals surface area contributed by atoms with Gasteiger partial charge in [-0.2, -0.15) is 0 Å². The Kier molecular flexibility index (Phi) is 3.22. The summed E-state index contributed by atoms with van der Waals surface area (Å²) in [6.07, 6.45) is 1.89. The Morgan fingerprint density at radius 3 is 2.75 bits per heavy atom. The molecule has 1 heterocycles. The second kappa shape index (κ2) is 4.79. The van der Waals surface area contributed by atoms with E-state index in [2.05, 4.69) is 11.4 Å². The van der Waals surface area contributed by atoms with Crippen LogP contribution in [0.4, 0.5) is 0 Å². The van der Waals surface area contributed by atoms with E-state index in [-0.39, 0.29) is 28.5 Å². The molecule has 3 N–H and O–H groups in total. The minimum absolute atomic E-state index is 0. The van der Waals surface area contributed by atoms with Gasteiger partial charge in [0, 0.05) is 11.6 Å². The summed E-state index contributed by atoms with van der Waals surface area (Å²) >= 11 is 0. The van der Waals surface area contributed by atoms with E-state index in [1.807, 2.05) is 18.2 Å². The van der Waals surface area contributed by atoms with Crippen LogP contribution in [0.15, 0.2) is 30.3 Å². The van der Waals surface area contributed by atoms with Crippen molar-refractivity contribution in [2.24, 2.45) is 0 Å². The zero-order chi connectivity index (χ0) is 13.0. The van der Waals surface area contributed by atoms with E-state index >= 15 is 0 Å². The first-order valence-electron chi connectivity index (χ1n) is 6.65. The molecule has 0 spiro atoms. The molecule has 4 heteroatoms. The molecule has 1 aliphatic carbocycles. The van der Waals surface area contributed by atoms with Gasteiger partial charge in [-0.1, -0.05) is 24.3 Å². The van der Waals surface area contributed by atoms with Gasteiger partial charge in [-0.05, 0) is 47.7 Å². The van der Waals surface area contributed by atoms with Gasteiger partial charge in [0.2, 0.25) is 0 Å². The molecule has 1 aliphatic heterocycles. The van der Waals surface area contributed by atoms with Crippen LogP contribution >= 0.6 is 17.0 Å². The third kappa shape index (κ3) is 1.75. The first-order valence-corrected chi connectivity index (χ1v) is 6.65. The van der Waals surface area contributed by atoms with Crippen molar-refractivity contribution in [3.05, 3.63) is 47.0 Å². The molecule has 4 rings (SSSR count). The minimum Gasteiger partial charge on any atom is -0.504 e. The summed E-state index contributed by atoms with van der Waals surface area (Å²) in [5.41, 5.74) is 5.61. The Morgan fingerprint density at radius 2 is 1.90 bits per heavy atom. The number of phenolic OH excluding ortho intramolecular Hbond substituents is 2. The second-order valence-electron chi connectivity index (χ2n) is 5.31. The zero-order valence-corrected chi connectivity index (χ0v) is 12.6. The summed E-state index contributed by atoms with van der Waals surface area (Å²) in [5, 5.41) is 23.5. The first-order chi connectivity index (χ1) is 9.25. The Bertz CT molecular complexity index is 684. The largest absolute Gasteiger partial charge is 0.504 e. The predicted octanol–water partition coefficient (Wildman–Crippen LogP) is 3.09. The number of hydrogen-bond acceptors (Lipinski definition) is 3. The minimum atomic E-state index is -0.0430. The summed E-state index contributed by atoms with van der Waals surface area (Å²) in [6.45, 7) is 1.00. The average Bonchev–Trinajstić information content (AvgIpc) is 2.43. The quantitative estimate of drug-likeness (QED) is 0.649. The molecule has 0 fully saturated rings. The van der Waals surface area contributed by atoms with Crippen LogP contribution in [0.3, 0.4) is 0 Å². The molecule has 0 bridgehead atoms. The molecule has 1 atom stereocenters. The van der Waals surface area contributed by atoms with Crippen LogP contribution in [-0.4, -0.2) is 16.8 Å². The van der Waals surface area contributed by atoms with Crippen molar-refractivity contribution in [1.82, 2.24) is 5.32 Å². The number of nitrogens with one attached hydrogen (secondary N) is 1. The fraction of sp³-hybridized carbons (Fsp3) is 0.250. The third-order valence-corrected chi connectivity index (χ3v) is 4.27. The highest BCUT2D eigenvalue weighted by Gasteiger charge is 2.31. The fourth-order valence-corrected chi connectivity index (χ4v) is 3.43. The molecule has 3 nitrogen and oxygen atoms in total. The maximum Gasteiger partial charge on any atom is 0.165 e. The van der Waals surface area contributed by atoms with Crippen LogP contribution in [-0.2, 0) is 12.8 Å². The summed E-state index contributed by atoms with van der Waals surface area (Å²) < 4.78 is 0. The van der Waals surface area contributed by atoms with E-state index in [1.165, 1.54) is 11.1 Å². The van der Waals surface area contributed by atoms with Gasteiger partial charge >= 0.3 is 0 Å². The number of benzene rings is 2. The Morgan fingerprint density at radius 1 is 1.05 bits per heavy atom. The average molecular weight is 334 g/mol. The van der Waals surface area contributed by atoms with Crippen LogP contribution < -0.4 is 5.32 Å². The van der Waals surface area contributed by atoms with Crippen molar-refractivity contribution < 1.29 is 10.2 Å². The van der Waals surface area contributed by atoms with Crippen molar-refractivity contribution in [3.63, 3.8) is 0 Å². The van der Waals surface area contributed by atoms with Crippen LogP contribution in [0, 0.1) is 0 Å². The van der Waals surface area contributed by atoms with Crippen LogP contribution in [0.5, 0.6) is 11.5 Å². The van der Waals surface area contributed by atoms with E-state index in [9.17, 15) is 10.2 Å². The normalized spacial score (nSPS) is 18.7. The summed E-state index contributed by atoms with van der Waals surface area (Å²) in [6, 6.07) is 10.1. The number of phenols is 2. The molecule has 0 unspecified atom stereocenters. The molecule has 0 radical (unpaired) electrons. The van der Waals surface area contributed by atoms with Crippen LogP contribution in [0.2, 0.25) is 0 Å². The van der Waals surface area contributed by atoms with Gasteiger partial charge in [0.25, 0.3) is 0 Å². The lowest BCUT2D eigenvalue weighted by atomic mass is 9.77. The zero-order valence-electron chi connectivity index (χ0n) is 10.9. The van der Waals surface area contributed by atoms with E-state index in [0.717, 1.165) is 36.1 Å². The van der Waals surface area contributed by atoms with Crippen molar-refractivity contribution in [2.75, 3.05) is 6.54 Å². The summed E-state index contributed by atoms with van der Waals surface area (Å²) in [4.78, 5) is 0. The van der Waals surface area contributed by atoms with Gasteiger partial charge in [0.15, 0.2) is 11.5 Å². The van der Waals surface area contributed by atoms with Gasteiger partial charge in [0.1, 0.15) is 0 Å². The summed E-state index contributed by atoms with van der Waals surface area (Å²) in [7, 11) is 0. The highest BCUT2D eigenvalue weighted by atomic mass is 79.9. The van der Waals surface area contributed by atoms with Gasteiger partial charge in [-0.25, -0.2) is 0 Å². The van der Waals surface area contributed by atoms with E-state index < -0.39 is 0 Å². The van der Waals surface area contributed by atoms with Crippen LogP contribution in [0.1, 0.15) is 22.7 Å².